The van der Waals surface area contributed by atoms with Crippen LogP contribution in [-0.4, -0.2) is 41.1 Å². The van der Waals surface area contributed by atoms with Crippen molar-refractivity contribution in [3.05, 3.63) is 100 Å². The number of nitrogens with one attached hydrogen (secondary N) is 1. The first-order valence-corrected chi connectivity index (χ1v) is 13.0. The van der Waals surface area contributed by atoms with E-state index in [9.17, 15) is 22.8 Å². The second-order valence-corrected chi connectivity index (χ2v) is 9.47. The fraction of sp³-hybridized carbons (Fsp3) is 0.161. The second-order valence-electron chi connectivity index (χ2n) is 9.47. The first-order chi connectivity index (χ1) is 21.1. The van der Waals surface area contributed by atoms with Crippen LogP contribution in [0.15, 0.2) is 71.9 Å². The summed E-state index contributed by atoms with van der Waals surface area (Å²) < 4.78 is 72.9. The molecule has 3 heterocycles. The molecular formula is C31H24F4N4O5. The van der Waals surface area contributed by atoms with Gasteiger partial charge < -0.3 is 24.1 Å². The minimum atomic E-state index is -2.81. The van der Waals surface area contributed by atoms with Gasteiger partial charge in [-0.25, -0.2) is 22.5 Å². The average molecular weight is 609 g/mol. The highest BCUT2D eigenvalue weighted by Crippen LogP contribution is 2.32. The normalized spacial score (nSPS) is 11.1. The number of pyridine rings is 3. The van der Waals surface area contributed by atoms with E-state index in [1.54, 1.807) is 6.07 Å². The molecule has 44 heavy (non-hydrogen) atoms. The van der Waals surface area contributed by atoms with Crippen molar-refractivity contribution in [2.45, 2.75) is 19.9 Å². The quantitative estimate of drug-likeness (QED) is 0.194. The number of benzene rings is 2. The zero-order valence-electron chi connectivity index (χ0n) is 23.5. The van der Waals surface area contributed by atoms with Crippen LogP contribution in [0.1, 0.15) is 16.1 Å². The van der Waals surface area contributed by atoms with Crippen molar-refractivity contribution in [2.75, 3.05) is 19.5 Å². The largest absolute Gasteiger partial charge is 0.496 e. The zero-order valence-corrected chi connectivity index (χ0v) is 23.5. The van der Waals surface area contributed by atoms with Crippen molar-refractivity contribution in [1.29, 1.82) is 0 Å². The van der Waals surface area contributed by atoms with Gasteiger partial charge >= 0.3 is 0 Å². The molecule has 0 radical (unpaired) electrons. The summed E-state index contributed by atoms with van der Waals surface area (Å²) in [6.07, 6.45) is 1.27. The molecule has 0 saturated carbocycles. The molecule has 0 spiro atoms. The van der Waals surface area contributed by atoms with Crippen molar-refractivity contribution in [3.8, 4) is 34.1 Å². The molecule has 1 amide bonds. The molecule has 0 aliphatic carbocycles. The number of alkyl halides is 2. The van der Waals surface area contributed by atoms with E-state index in [2.05, 4.69) is 15.3 Å². The van der Waals surface area contributed by atoms with Crippen LogP contribution in [0.5, 0.6) is 23.0 Å². The van der Waals surface area contributed by atoms with E-state index in [4.69, 9.17) is 14.2 Å². The Labute approximate surface area is 247 Å². The fourth-order valence-corrected chi connectivity index (χ4v) is 4.59. The van der Waals surface area contributed by atoms with Gasteiger partial charge in [-0.05, 0) is 31.2 Å². The molecule has 13 heteroatoms. The van der Waals surface area contributed by atoms with Gasteiger partial charge in [0.05, 0.1) is 32.5 Å². The number of methoxy groups -OCH3 is 2. The van der Waals surface area contributed by atoms with E-state index in [-0.39, 0.29) is 39.8 Å². The van der Waals surface area contributed by atoms with Gasteiger partial charge in [-0.15, -0.1) is 0 Å². The maximum Gasteiger partial charge on any atom is 0.261 e. The zero-order chi connectivity index (χ0) is 31.5. The van der Waals surface area contributed by atoms with Crippen LogP contribution in [0, 0.1) is 18.6 Å². The lowest BCUT2D eigenvalue weighted by Gasteiger charge is -2.18. The van der Waals surface area contributed by atoms with E-state index in [0.29, 0.717) is 16.8 Å². The Hall–Kier alpha value is -5.46. The summed E-state index contributed by atoms with van der Waals surface area (Å²) in [5, 5.41) is 2.45. The van der Waals surface area contributed by atoms with Crippen LogP contribution in [0.25, 0.3) is 22.2 Å². The number of hydrogen-bond donors (Lipinski definition) is 1. The van der Waals surface area contributed by atoms with Gasteiger partial charge in [-0.1, -0.05) is 0 Å². The Balaban J connectivity index is 1.47. The Bertz CT molecular complexity index is 1950. The number of nitrogens with zero attached hydrogens (tertiary/aromatic N) is 3. The van der Waals surface area contributed by atoms with Gasteiger partial charge in [0.15, 0.2) is 17.3 Å². The molecule has 0 bridgehead atoms. The molecule has 2 aromatic carbocycles. The maximum atomic E-state index is 15.1. The minimum Gasteiger partial charge on any atom is -0.496 e. The molecule has 3 aromatic heterocycles. The highest BCUT2D eigenvalue weighted by molar-refractivity contribution is 6.05. The summed E-state index contributed by atoms with van der Waals surface area (Å²) >= 11 is 0. The SMILES string of the molecule is COc1cnc2c(Oc3ccc(NC(=O)c4c(C)n(CC(F)F)cc(-c5ccc(F)cc5OC)c4=O)cc3F)ccnc2c1. The summed E-state index contributed by atoms with van der Waals surface area (Å²) in [4.78, 5) is 35.4. The molecule has 226 valence electrons. The summed E-state index contributed by atoms with van der Waals surface area (Å²) in [5.41, 5.74) is -0.607. The first kappa shape index (κ1) is 30.0. The fourth-order valence-electron chi connectivity index (χ4n) is 4.59. The number of hydrogen-bond acceptors (Lipinski definition) is 7. The third-order valence-corrected chi connectivity index (χ3v) is 6.73. The Morgan fingerprint density at radius 3 is 2.45 bits per heavy atom. The lowest BCUT2D eigenvalue weighted by molar-refractivity contribution is 0.102. The Morgan fingerprint density at radius 2 is 1.75 bits per heavy atom. The lowest BCUT2D eigenvalue weighted by Crippen LogP contribution is -2.28. The molecular weight excluding hydrogens is 584 g/mol. The number of fused-ring (bicyclic) bond motifs is 1. The molecule has 0 aliphatic heterocycles. The number of amides is 1. The van der Waals surface area contributed by atoms with Gasteiger partial charge in [-0.2, -0.15) is 0 Å². The van der Waals surface area contributed by atoms with Crippen LogP contribution in [0.2, 0.25) is 0 Å². The minimum absolute atomic E-state index is 0.0325. The predicted molar refractivity (Wildman–Crippen MR) is 154 cm³/mol. The molecule has 1 N–H and O–H groups in total. The first-order valence-electron chi connectivity index (χ1n) is 13.0. The van der Waals surface area contributed by atoms with E-state index in [1.807, 2.05) is 0 Å². The number of ether oxygens (including phenoxy) is 3. The standard InChI is InChI=1S/C31H24F4N4O5/c1-16-28(30(40)21(14-39(16)15-27(34)35)20-6-4-17(32)10-26(20)43-3)31(41)38-18-5-7-24(22(33)11-18)44-25-8-9-36-23-12-19(42-2)13-37-29(23)25/h4-14,27H,15H2,1-3H3,(H,38,41). The van der Waals surface area contributed by atoms with E-state index >= 15 is 4.39 Å². The second kappa shape index (κ2) is 12.4. The molecule has 5 aromatic rings. The van der Waals surface area contributed by atoms with Crippen LogP contribution >= 0.6 is 0 Å². The third-order valence-electron chi connectivity index (χ3n) is 6.73. The molecule has 0 fully saturated rings. The van der Waals surface area contributed by atoms with E-state index in [1.165, 1.54) is 57.8 Å². The van der Waals surface area contributed by atoms with Crippen molar-refractivity contribution in [3.63, 3.8) is 0 Å². The highest BCUT2D eigenvalue weighted by atomic mass is 19.3. The molecule has 0 saturated heterocycles. The van der Waals surface area contributed by atoms with Crippen LogP contribution in [-0.2, 0) is 6.54 Å². The Kier molecular flexibility index (Phi) is 8.47. The van der Waals surface area contributed by atoms with Gasteiger partial charge in [0, 0.05) is 59.2 Å². The van der Waals surface area contributed by atoms with Gasteiger partial charge in [0.2, 0.25) is 5.43 Å². The van der Waals surface area contributed by atoms with Gasteiger partial charge in [0.25, 0.3) is 12.3 Å². The number of carbonyl (C=O) groups excluding carboxylic acids is 1. The number of rotatable bonds is 9. The van der Waals surface area contributed by atoms with E-state index < -0.39 is 41.5 Å². The van der Waals surface area contributed by atoms with Gasteiger partial charge in [-0.3, -0.25) is 14.6 Å². The highest BCUT2D eigenvalue weighted by Gasteiger charge is 2.24. The van der Waals surface area contributed by atoms with Crippen molar-refractivity contribution >= 4 is 22.6 Å². The number of anilines is 1. The smallest absolute Gasteiger partial charge is 0.261 e. The van der Waals surface area contributed by atoms with Crippen molar-refractivity contribution in [2.24, 2.45) is 0 Å². The molecule has 0 aliphatic rings. The van der Waals surface area contributed by atoms with Gasteiger partial charge in [0.1, 0.15) is 28.4 Å². The van der Waals surface area contributed by atoms with Crippen LogP contribution < -0.4 is 25.0 Å². The number of aromatic nitrogens is 3. The summed E-state index contributed by atoms with van der Waals surface area (Å²) in [6.45, 7) is 0.513. The molecule has 9 nitrogen and oxygen atoms in total. The monoisotopic (exact) mass is 608 g/mol. The summed E-state index contributed by atoms with van der Waals surface area (Å²) in [6, 6.07) is 10.1. The molecule has 5 rings (SSSR count). The number of carbonyl (C=O) groups is 1. The Morgan fingerprint density at radius 1 is 0.955 bits per heavy atom. The molecule has 0 atom stereocenters. The molecule has 0 unspecified atom stereocenters. The van der Waals surface area contributed by atoms with Crippen LogP contribution in [0.3, 0.4) is 0 Å². The third kappa shape index (κ3) is 6.02. The average Bonchev–Trinajstić information content (AvgIpc) is 2.99. The maximum absolute atomic E-state index is 15.1. The topological polar surface area (TPSA) is 105 Å². The summed E-state index contributed by atoms with van der Waals surface area (Å²) in [5.74, 6) is -1.98. The van der Waals surface area contributed by atoms with Crippen molar-refractivity contribution in [1.82, 2.24) is 14.5 Å². The lowest BCUT2D eigenvalue weighted by atomic mass is 10.0. The van der Waals surface area contributed by atoms with Crippen LogP contribution in [0.4, 0.5) is 23.2 Å². The predicted octanol–water partition coefficient (Wildman–Crippen LogP) is 6.37. The van der Waals surface area contributed by atoms with Crippen molar-refractivity contribution < 1.29 is 36.6 Å². The van der Waals surface area contributed by atoms with E-state index in [0.717, 1.165) is 29.0 Å². The summed E-state index contributed by atoms with van der Waals surface area (Å²) in [7, 11) is 2.74. The number of halogens is 4.